The van der Waals surface area contributed by atoms with Crippen molar-refractivity contribution < 1.29 is 30.4 Å². The summed E-state index contributed by atoms with van der Waals surface area (Å²) in [6.07, 6.45) is 3.90. The van der Waals surface area contributed by atoms with Gasteiger partial charge >= 0.3 is 24.3 Å². The standard InChI is InChI=1S/C8H16O7S2/c1-2-3-4-5-6-7-8(9)15-17(13,14)16(10,11)12/h2-7H2,1H3,(H,10,11,12). The van der Waals surface area contributed by atoms with Crippen LogP contribution in [0, 0.1) is 0 Å². The number of carbonyl (C=O) groups is 1. The molecule has 0 unspecified atom stereocenters. The Balaban J connectivity index is 4.04. The van der Waals surface area contributed by atoms with Gasteiger partial charge in [0.2, 0.25) is 0 Å². The van der Waals surface area contributed by atoms with E-state index in [-0.39, 0.29) is 6.42 Å². The van der Waals surface area contributed by atoms with Crippen LogP contribution in [0.3, 0.4) is 0 Å². The maximum Gasteiger partial charge on any atom is 0.446 e. The Bertz CT molecular complexity index is 434. The zero-order valence-corrected chi connectivity index (χ0v) is 11.1. The second-order valence-corrected chi connectivity index (χ2v) is 7.78. The van der Waals surface area contributed by atoms with Crippen molar-refractivity contribution in [3.8, 4) is 0 Å². The smallest absolute Gasteiger partial charge is 0.333 e. The van der Waals surface area contributed by atoms with E-state index in [2.05, 4.69) is 4.18 Å². The minimum atomic E-state index is -5.41. The highest BCUT2D eigenvalue weighted by molar-refractivity contribution is 8.63. The molecule has 0 saturated carbocycles. The van der Waals surface area contributed by atoms with Gasteiger partial charge in [-0.1, -0.05) is 32.6 Å². The molecule has 0 aromatic rings. The quantitative estimate of drug-likeness (QED) is 0.403. The Morgan fingerprint density at radius 2 is 1.59 bits per heavy atom. The highest BCUT2D eigenvalue weighted by Gasteiger charge is 2.31. The van der Waals surface area contributed by atoms with Gasteiger partial charge in [0, 0.05) is 6.42 Å². The first-order chi connectivity index (χ1) is 7.70. The second kappa shape index (κ2) is 6.92. The van der Waals surface area contributed by atoms with Gasteiger partial charge in [-0.05, 0) is 6.42 Å². The summed E-state index contributed by atoms with van der Waals surface area (Å²) in [5.41, 5.74) is 0. The molecule has 0 bridgehead atoms. The second-order valence-electron chi connectivity index (χ2n) is 3.46. The first kappa shape index (κ1) is 16.3. The molecular weight excluding hydrogens is 272 g/mol. The van der Waals surface area contributed by atoms with Gasteiger partial charge in [0.1, 0.15) is 0 Å². The summed E-state index contributed by atoms with van der Waals surface area (Å²) in [4.78, 5) is 11.0. The molecule has 0 saturated heterocycles. The van der Waals surface area contributed by atoms with Crippen molar-refractivity contribution in [2.45, 2.75) is 45.4 Å². The van der Waals surface area contributed by atoms with E-state index in [1.165, 1.54) is 0 Å². The van der Waals surface area contributed by atoms with Crippen LogP contribution < -0.4 is 0 Å². The minimum absolute atomic E-state index is 0.196. The molecule has 0 spiro atoms. The number of hydrogen-bond donors (Lipinski definition) is 1. The lowest BCUT2D eigenvalue weighted by atomic mass is 10.1. The monoisotopic (exact) mass is 288 g/mol. The van der Waals surface area contributed by atoms with Crippen LogP contribution in [-0.4, -0.2) is 27.4 Å². The van der Waals surface area contributed by atoms with Crippen molar-refractivity contribution in [1.82, 2.24) is 0 Å². The van der Waals surface area contributed by atoms with Crippen LogP contribution in [-0.2, 0) is 27.3 Å². The Morgan fingerprint density at radius 3 is 2.06 bits per heavy atom. The predicted molar refractivity (Wildman–Crippen MR) is 59.9 cm³/mol. The van der Waals surface area contributed by atoms with Crippen molar-refractivity contribution in [2.75, 3.05) is 0 Å². The summed E-state index contributed by atoms with van der Waals surface area (Å²) in [7, 11) is -10.7. The Labute approximate surface area is 100 Å². The van der Waals surface area contributed by atoms with Crippen LogP contribution in [0.4, 0.5) is 0 Å². The Kier molecular flexibility index (Phi) is 6.65. The van der Waals surface area contributed by atoms with E-state index >= 15 is 0 Å². The Hall–Kier alpha value is -0.670. The zero-order chi connectivity index (χ0) is 13.5. The van der Waals surface area contributed by atoms with Gasteiger partial charge in [0.15, 0.2) is 0 Å². The molecule has 0 atom stereocenters. The van der Waals surface area contributed by atoms with Crippen molar-refractivity contribution >= 4 is 24.3 Å². The minimum Gasteiger partial charge on any atom is -0.333 e. The van der Waals surface area contributed by atoms with Crippen molar-refractivity contribution in [1.29, 1.82) is 0 Å². The number of hydrogen-bond acceptors (Lipinski definition) is 6. The zero-order valence-electron chi connectivity index (χ0n) is 9.46. The van der Waals surface area contributed by atoms with Crippen molar-refractivity contribution in [3.05, 3.63) is 0 Å². The molecule has 17 heavy (non-hydrogen) atoms. The van der Waals surface area contributed by atoms with Crippen LogP contribution in [0.5, 0.6) is 0 Å². The van der Waals surface area contributed by atoms with Crippen LogP contribution in [0.1, 0.15) is 45.4 Å². The van der Waals surface area contributed by atoms with Gasteiger partial charge in [0.05, 0.1) is 0 Å². The number of rotatable bonds is 8. The summed E-state index contributed by atoms with van der Waals surface area (Å²) >= 11 is 0. The maximum absolute atomic E-state index is 11.0. The lowest BCUT2D eigenvalue weighted by Gasteiger charge is -2.02. The largest absolute Gasteiger partial charge is 0.446 e. The van der Waals surface area contributed by atoms with E-state index < -0.39 is 24.3 Å². The van der Waals surface area contributed by atoms with E-state index in [1.807, 2.05) is 6.92 Å². The van der Waals surface area contributed by atoms with Crippen LogP contribution >= 0.6 is 0 Å². The fourth-order valence-corrected chi connectivity index (χ4v) is 1.95. The summed E-state index contributed by atoms with van der Waals surface area (Å²) < 4.78 is 54.0. The first-order valence-corrected chi connectivity index (χ1v) is 8.52. The van der Waals surface area contributed by atoms with E-state index in [9.17, 15) is 21.6 Å². The van der Waals surface area contributed by atoms with Gasteiger partial charge in [-0.15, -0.1) is 0 Å². The van der Waals surface area contributed by atoms with Crippen LogP contribution in [0.15, 0.2) is 0 Å². The molecule has 0 rings (SSSR count). The molecule has 0 aromatic heterocycles. The van der Waals surface area contributed by atoms with E-state index in [0.29, 0.717) is 6.42 Å². The summed E-state index contributed by atoms with van der Waals surface area (Å²) in [5.74, 6) is -1.18. The van der Waals surface area contributed by atoms with E-state index in [1.54, 1.807) is 0 Å². The lowest BCUT2D eigenvalue weighted by molar-refractivity contribution is -0.133. The summed E-state index contributed by atoms with van der Waals surface area (Å²) in [6.45, 7) is 2.02. The first-order valence-electron chi connectivity index (χ1n) is 5.15. The third-order valence-electron chi connectivity index (χ3n) is 1.94. The molecule has 0 aliphatic heterocycles. The molecule has 7 nitrogen and oxygen atoms in total. The third kappa shape index (κ3) is 6.59. The third-order valence-corrected chi connectivity index (χ3v) is 4.60. The average molecular weight is 288 g/mol. The lowest BCUT2D eigenvalue weighted by Crippen LogP contribution is -2.21. The molecule has 0 amide bonds. The van der Waals surface area contributed by atoms with Crippen LogP contribution in [0.2, 0.25) is 0 Å². The predicted octanol–water partition coefficient (Wildman–Crippen LogP) is 1.02. The molecule has 0 fully saturated rings. The van der Waals surface area contributed by atoms with Gasteiger partial charge in [-0.3, -0.25) is 9.35 Å². The molecule has 0 aliphatic rings. The highest BCUT2D eigenvalue weighted by atomic mass is 33.2. The molecule has 102 valence electrons. The molecule has 0 radical (unpaired) electrons. The topological polar surface area (TPSA) is 115 Å². The highest BCUT2D eigenvalue weighted by Crippen LogP contribution is 2.09. The molecular formula is C8H16O7S2. The fraction of sp³-hybridized carbons (Fsp3) is 0.875. The summed E-state index contributed by atoms with van der Waals surface area (Å²) in [6, 6.07) is 0. The molecule has 1 N–H and O–H groups in total. The SMILES string of the molecule is CCCCCCCC(=O)OS(=O)(=O)S(=O)(=O)O. The van der Waals surface area contributed by atoms with Gasteiger partial charge in [0.25, 0.3) is 0 Å². The number of unbranched alkanes of at least 4 members (excludes halogenated alkanes) is 4. The fourth-order valence-electron chi connectivity index (χ4n) is 1.07. The van der Waals surface area contributed by atoms with Crippen molar-refractivity contribution in [3.63, 3.8) is 0 Å². The van der Waals surface area contributed by atoms with Gasteiger partial charge in [-0.2, -0.15) is 16.8 Å². The van der Waals surface area contributed by atoms with Crippen molar-refractivity contribution in [2.24, 2.45) is 0 Å². The summed E-state index contributed by atoms with van der Waals surface area (Å²) in [5, 5.41) is 0. The van der Waals surface area contributed by atoms with Crippen LogP contribution in [0.25, 0.3) is 0 Å². The molecule has 9 heteroatoms. The number of carbonyl (C=O) groups excluding carboxylic acids is 1. The average Bonchev–Trinajstić information content (AvgIpc) is 2.14. The van der Waals surface area contributed by atoms with E-state index in [4.69, 9.17) is 4.55 Å². The molecule has 0 heterocycles. The van der Waals surface area contributed by atoms with Gasteiger partial charge in [-0.25, -0.2) is 0 Å². The van der Waals surface area contributed by atoms with Gasteiger partial charge < -0.3 is 4.18 Å². The normalized spacial score (nSPS) is 12.4. The molecule has 0 aromatic carbocycles. The van der Waals surface area contributed by atoms with E-state index in [0.717, 1.165) is 25.7 Å². The maximum atomic E-state index is 11.0. The Morgan fingerprint density at radius 1 is 1.06 bits per heavy atom. The molecule has 0 aliphatic carbocycles.